The van der Waals surface area contributed by atoms with Crippen LogP contribution in [0.5, 0.6) is 0 Å². The molecule has 0 fully saturated rings. The summed E-state index contributed by atoms with van der Waals surface area (Å²) in [5.74, 6) is 0. The lowest BCUT2D eigenvalue weighted by Gasteiger charge is -2.20. The van der Waals surface area contributed by atoms with Gasteiger partial charge in [0.1, 0.15) is 5.69 Å². The van der Waals surface area contributed by atoms with Gasteiger partial charge in [-0.05, 0) is 18.2 Å². The molecule has 0 bridgehead atoms. The number of rotatable bonds is 1. The number of pyridine rings is 1. The molecule has 0 saturated heterocycles. The summed E-state index contributed by atoms with van der Waals surface area (Å²) in [5.41, 5.74) is 1.25. The molecule has 1 aromatic carbocycles. The Balaban J connectivity index is 2.24. The van der Waals surface area contributed by atoms with Crippen LogP contribution in [0.2, 0.25) is 0 Å². The van der Waals surface area contributed by atoms with E-state index in [0.717, 1.165) is 0 Å². The number of hydrogen-bond acceptors (Lipinski definition) is 1. The molecule has 0 atom stereocenters. The van der Waals surface area contributed by atoms with Gasteiger partial charge in [0.05, 0.1) is 0 Å². The minimum Gasteiger partial charge on any atom is -0.318 e. The van der Waals surface area contributed by atoms with Crippen LogP contribution in [0.1, 0.15) is 20.8 Å². The van der Waals surface area contributed by atoms with Crippen molar-refractivity contribution in [1.29, 1.82) is 0 Å². The molecule has 3 rings (SSSR count). The van der Waals surface area contributed by atoms with E-state index in [2.05, 4.69) is 91.4 Å². The van der Waals surface area contributed by atoms with Crippen LogP contribution < -0.4 is 9.47 Å². The molecule has 0 amide bonds. The van der Waals surface area contributed by atoms with Crippen molar-refractivity contribution >= 4 is 16.5 Å². The molecular weight excluding hydrogens is 256 g/mol. The lowest BCUT2D eigenvalue weighted by Crippen LogP contribution is -2.49. The van der Waals surface area contributed by atoms with Gasteiger partial charge in [-0.15, -0.1) is 0 Å². The summed E-state index contributed by atoms with van der Waals surface area (Å²) in [6, 6.07) is 8.54. The van der Waals surface area contributed by atoms with Gasteiger partial charge in [0.2, 0.25) is 0 Å². The van der Waals surface area contributed by atoms with Crippen LogP contribution in [0.25, 0.3) is 10.8 Å². The van der Waals surface area contributed by atoms with E-state index < -0.39 is 0 Å². The van der Waals surface area contributed by atoms with Crippen molar-refractivity contribution in [2.45, 2.75) is 26.3 Å². The van der Waals surface area contributed by atoms with E-state index in [1.165, 1.54) is 16.5 Å². The molecule has 0 saturated carbocycles. The van der Waals surface area contributed by atoms with Crippen LogP contribution in [0.4, 0.5) is 5.69 Å². The van der Waals surface area contributed by atoms with Gasteiger partial charge in [-0.3, -0.25) is 0 Å². The average molecular weight is 277 g/mol. The number of fused-ring (bicyclic) bond motifs is 1. The molecule has 2 heteroatoms. The van der Waals surface area contributed by atoms with Crippen LogP contribution in [0, 0.1) is 0 Å². The Hall–Kier alpha value is -2.35. The third kappa shape index (κ3) is 2.75. The van der Waals surface area contributed by atoms with E-state index in [4.69, 9.17) is 0 Å². The van der Waals surface area contributed by atoms with Crippen molar-refractivity contribution in [3.8, 4) is 0 Å². The van der Waals surface area contributed by atoms with E-state index in [-0.39, 0.29) is 5.54 Å². The van der Waals surface area contributed by atoms with Gasteiger partial charge in [0.15, 0.2) is 17.9 Å². The Bertz CT molecular complexity index is 730. The fourth-order valence-electron chi connectivity index (χ4n) is 2.45. The van der Waals surface area contributed by atoms with Crippen LogP contribution in [0.15, 0.2) is 73.4 Å². The zero-order valence-electron chi connectivity index (χ0n) is 12.8. The smallest absolute Gasteiger partial charge is 0.194 e. The maximum Gasteiger partial charge on any atom is 0.194 e. The van der Waals surface area contributed by atoms with Crippen molar-refractivity contribution in [1.82, 2.24) is 0 Å². The Morgan fingerprint density at radius 3 is 2.19 bits per heavy atom. The number of nitrogens with zero attached hydrogens (tertiary/aromatic N) is 2. The molecule has 0 N–H and O–H groups in total. The largest absolute Gasteiger partial charge is 0.318 e. The molecule has 0 spiro atoms. The zero-order valence-corrected chi connectivity index (χ0v) is 12.8. The topological polar surface area (TPSA) is 7.12 Å². The number of anilines is 1. The number of allylic oxidation sites excluding steroid dienone is 4. The van der Waals surface area contributed by atoms with Gasteiger partial charge >= 0.3 is 0 Å². The first kappa shape index (κ1) is 13.6. The van der Waals surface area contributed by atoms with Crippen LogP contribution in [-0.2, 0) is 5.54 Å². The minimum absolute atomic E-state index is 0.0519. The summed E-state index contributed by atoms with van der Waals surface area (Å²) < 4.78 is 2.28. The first-order valence-corrected chi connectivity index (χ1v) is 7.30. The molecule has 2 nitrogen and oxygen atoms in total. The Labute approximate surface area is 126 Å². The lowest BCUT2D eigenvalue weighted by atomic mass is 10.1. The highest BCUT2D eigenvalue weighted by Crippen LogP contribution is 2.27. The highest BCUT2D eigenvalue weighted by molar-refractivity contribution is 5.93. The molecule has 1 aliphatic heterocycles. The van der Waals surface area contributed by atoms with Crippen LogP contribution >= 0.6 is 0 Å². The molecule has 0 unspecified atom stereocenters. The third-order valence-corrected chi connectivity index (χ3v) is 3.66. The SMILES string of the molecule is CC(C)(C)[n+]1cc(N2C=CC=CC=C2)c2ccccc2c1. The third-order valence-electron chi connectivity index (χ3n) is 3.66. The molecule has 1 aliphatic rings. The summed E-state index contributed by atoms with van der Waals surface area (Å²) in [4.78, 5) is 2.17. The van der Waals surface area contributed by atoms with Gasteiger partial charge in [0, 0.05) is 43.9 Å². The second kappa shape index (κ2) is 5.21. The van der Waals surface area contributed by atoms with Gasteiger partial charge in [-0.25, -0.2) is 0 Å². The molecule has 0 radical (unpaired) electrons. The van der Waals surface area contributed by atoms with Gasteiger partial charge in [-0.1, -0.05) is 30.4 Å². The summed E-state index contributed by atoms with van der Waals surface area (Å²) in [6.07, 6.45) is 16.8. The first-order valence-electron chi connectivity index (χ1n) is 7.30. The predicted molar refractivity (Wildman–Crippen MR) is 89.0 cm³/mol. The van der Waals surface area contributed by atoms with E-state index in [9.17, 15) is 0 Å². The quantitative estimate of drug-likeness (QED) is 0.705. The zero-order chi connectivity index (χ0) is 14.9. The number of benzene rings is 1. The minimum atomic E-state index is 0.0519. The molecule has 2 aromatic rings. The molecule has 1 aromatic heterocycles. The van der Waals surface area contributed by atoms with Gasteiger partial charge in [-0.2, -0.15) is 4.57 Å². The van der Waals surface area contributed by atoms with Crippen molar-refractivity contribution in [2.24, 2.45) is 0 Å². The molecule has 21 heavy (non-hydrogen) atoms. The summed E-state index contributed by atoms with van der Waals surface area (Å²) in [6.45, 7) is 6.67. The second-order valence-corrected chi connectivity index (χ2v) is 6.28. The van der Waals surface area contributed by atoms with Crippen molar-refractivity contribution < 1.29 is 4.57 Å². The van der Waals surface area contributed by atoms with E-state index in [1.807, 2.05) is 12.2 Å². The van der Waals surface area contributed by atoms with E-state index >= 15 is 0 Å². The van der Waals surface area contributed by atoms with E-state index in [0.29, 0.717) is 0 Å². The fourth-order valence-corrected chi connectivity index (χ4v) is 2.45. The maximum atomic E-state index is 2.28. The molecular formula is C19H21N2+. The predicted octanol–water partition coefficient (Wildman–Crippen LogP) is 4.29. The van der Waals surface area contributed by atoms with Crippen molar-refractivity contribution in [2.75, 3.05) is 4.90 Å². The lowest BCUT2D eigenvalue weighted by molar-refractivity contribution is -0.752. The Morgan fingerprint density at radius 1 is 0.857 bits per heavy atom. The first-order chi connectivity index (χ1) is 10.1. The van der Waals surface area contributed by atoms with Crippen molar-refractivity contribution in [3.05, 3.63) is 73.4 Å². The van der Waals surface area contributed by atoms with Crippen molar-refractivity contribution in [3.63, 3.8) is 0 Å². The monoisotopic (exact) mass is 277 g/mol. The molecule has 106 valence electrons. The highest BCUT2D eigenvalue weighted by Gasteiger charge is 2.24. The Kier molecular flexibility index (Phi) is 3.38. The summed E-state index contributed by atoms with van der Waals surface area (Å²) >= 11 is 0. The maximum absolute atomic E-state index is 2.28. The second-order valence-electron chi connectivity index (χ2n) is 6.28. The van der Waals surface area contributed by atoms with Gasteiger partial charge < -0.3 is 4.90 Å². The van der Waals surface area contributed by atoms with Gasteiger partial charge in [0.25, 0.3) is 0 Å². The summed E-state index contributed by atoms with van der Waals surface area (Å²) in [5, 5.41) is 2.51. The molecule has 2 heterocycles. The fraction of sp³-hybridized carbons (Fsp3) is 0.211. The number of aromatic nitrogens is 1. The molecule has 0 aliphatic carbocycles. The standard InChI is InChI=1S/C19H21N2/c1-19(2,3)21-14-16-10-6-7-11-17(16)18(15-21)20-12-8-4-5-9-13-20/h4-15H,1-3H3/q+1. The van der Waals surface area contributed by atoms with E-state index in [1.54, 1.807) is 0 Å². The number of hydrogen-bond donors (Lipinski definition) is 0. The summed E-state index contributed by atoms with van der Waals surface area (Å²) in [7, 11) is 0. The van der Waals surface area contributed by atoms with Crippen LogP contribution in [0.3, 0.4) is 0 Å². The highest BCUT2D eigenvalue weighted by atomic mass is 15.1. The normalized spacial score (nSPS) is 14.7. The Morgan fingerprint density at radius 2 is 1.52 bits per heavy atom. The average Bonchev–Trinajstić information content (AvgIpc) is 2.74. The van der Waals surface area contributed by atoms with Crippen LogP contribution in [-0.4, -0.2) is 0 Å².